The van der Waals surface area contributed by atoms with Gasteiger partial charge in [0.2, 0.25) is 0 Å². The minimum Gasteiger partial charge on any atom is -0.480 e. The zero-order valence-electron chi connectivity index (χ0n) is 13.4. The molecule has 3 N–H and O–H groups in total. The number of rotatable bonds is 9. The van der Waals surface area contributed by atoms with Crippen LogP contribution in [0.2, 0.25) is 0 Å². The molecule has 7 heteroatoms. The summed E-state index contributed by atoms with van der Waals surface area (Å²) in [5.41, 5.74) is 5.51. The predicted molar refractivity (Wildman–Crippen MR) is 59.9 cm³/mol. The van der Waals surface area contributed by atoms with Crippen LogP contribution in [0, 0.1) is 0 Å². The fourth-order valence-electron chi connectivity index (χ4n) is 1.31. The van der Waals surface area contributed by atoms with E-state index in [1.165, 1.54) is 0 Å². The van der Waals surface area contributed by atoms with Crippen LogP contribution in [-0.4, -0.2) is 70.4 Å². The Kier molecular flexibility index (Phi) is 5.03. The SMILES string of the molecule is [2H]COC[C@@H](OC[2H])[C@@H](OC[2H])[C@H](OC[2H])[C@@H](N)C(=O)O. The highest BCUT2D eigenvalue weighted by Gasteiger charge is 2.37. The van der Waals surface area contributed by atoms with Crippen LogP contribution in [0.4, 0.5) is 0 Å². The van der Waals surface area contributed by atoms with E-state index in [2.05, 4.69) is 0 Å². The van der Waals surface area contributed by atoms with Crippen molar-refractivity contribution in [2.45, 2.75) is 24.4 Å². The molecule has 0 radical (unpaired) electrons. The maximum absolute atomic E-state index is 11.0. The van der Waals surface area contributed by atoms with Crippen molar-refractivity contribution in [3.05, 3.63) is 0 Å². The number of methoxy groups -OCH3 is 4. The predicted octanol–water partition coefficient (Wildman–Crippen LogP) is -0.910. The van der Waals surface area contributed by atoms with Crippen LogP contribution >= 0.6 is 0 Å². The minimum absolute atomic E-state index is 0.156. The summed E-state index contributed by atoms with van der Waals surface area (Å²) < 4.78 is 48.2. The van der Waals surface area contributed by atoms with Gasteiger partial charge in [-0.1, -0.05) is 0 Å². The van der Waals surface area contributed by atoms with Crippen LogP contribution in [0.1, 0.15) is 5.48 Å². The molecular weight excluding hydrogens is 230 g/mol. The summed E-state index contributed by atoms with van der Waals surface area (Å²) in [6, 6.07) is -1.50. The summed E-state index contributed by atoms with van der Waals surface area (Å²) in [6.45, 7) is -0.156. The van der Waals surface area contributed by atoms with Crippen molar-refractivity contribution in [1.82, 2.24) is 0 Å². The van der Waals surface area contributed by atoms with Gasteiger partial charge in [0.1, 0.15) is 24.4 Å². The van der Waals surface area contributed by atoms with Gasteiger partial charge in [-0.3, -0.25) is 4.79 Å². The molecule has 0 aromatic rings. The minimum atomic E-state index is -1.50. The van der Waals surface area contributed by atoms with Crippen molar-refractivity contribution in [2.24, 2.45) is 5.73 Å². The Morgan fingerprint density at radius 2 is 1.88 bits per heavy atom. The van der Waals surface area contributed by atoms with Crippen LogP contribution in [0.15, 0.2) is 0 Å². The van der Waals surface area contributed by atoms with Crippen molar-refractivity contribution in [3.8, 4) is 0 Å². The van der Waals surface area contributed by atoms with Gasteiger partial charge in [-0.15, -0.1) is 0 Å². The third kappa shape index (κ3) is 4.57. The Bertz CT molecular complexity index is 288. The first-order valence-corrected chi connectivity index (χ1v) is 4.61. The number of hydrogen-bond donors (Lipinski definition) is 2. The van der Waals surface area contributed by atoms with Gasteiger partial charge in [-0.05, 0) is 0 Å². The van der Waals surface area contributed by atoms with Crippen LogP contribution in [0.25, 0.3) is 0 Å². The van der Waals surface area contributed by atoms with Gasteiger partial charge in [-0.2, -0.15) is 0 Å². The molecule has 4 atom stereocenters. The molecule has 0 aromatic heterocycles. The second-order valence-corrected chi connectivity index (χ2v) is 3.20. The Morgan fingerprint density at radius 1 is 1.24 bits per heavy atom. The molecule has 0 aromatic carbocycles. The number of carbonyl (C=O) groups is 1. The first-order valence-electron chi connectivity index (χ1n) is 7.44. The molecule has 7 nitrogen and oxygen atoms in total. The highest BCUT2D eigenvalue weighted by atomic mass is 16.6. The lowest BCUT2D eigenvalue weighted by Gasteiger charge is -2.32. The number of aliphatic carboxylic acids is 1. The average Bonchev–Trinajstić information content (AvgIpc) is 2.46. The lowest BCUT2D eigenvalue weighted by molar-refractivity contribution is -0.155. The third-order valence-electron chi connectivity index (χ3n) is 2.21. The van der Waals surface area contributed by atoms with Crippen LogP contribution in [0.3, 0.4) is 0 Å². The van der Waals surface area contributed by atoms with Gasteiger partial charge in [0, 0.05) is 28.3 Å². The zero-order valence-corrected chi connectivity index (χ0v) is 9.41. The van der Waals surface area contributed by atoms with Crippen molar-refractivity contribution in [1.29, 1.82) is 0 Å². The first-order chi connectivity index (χ1) is 10.0. The van der Waals surface area contributed by atoms with Gasteiger partial charge in [0.15, 0.2) is 0 Å². The second kappa shape index (κ2) is 8.37. The van der Waals surface area contributed by atoms with E-state index in [9.17, 15) is 4.79 Å². The van der Waals surface area contributed by atoms with E-state index in [1.54, 1.807) is 0 Å². The quantitative estimate of drug-likeness (QED) is 0.550. The largest absolute Gasteiger partial charge is 0.480 e. The lowest BCUT2D eigenvalue weighted by atomic mass is 10.0. The Labute approximate surface area is 106 Å². The number of nitrogens with two attached hydrogens (primary N) is 1. The average molecular weight is 255 g/mol. The third-order valence-corrected chi connectivity index (χ3v) is 2.21. The Hall–Kier alpha value is -0.730. The maximum atomic E-state index is 11.0. The van der Waals surface area contributed by atoms with Gasteiger partial charge < -0.3 is 29.8 Å². The van der Waals surface area contributed by atoms with Gasteiger partial charge in [-0.25, -0.2) is 0 Å². The van der Waals surface area contributed by atoms with E-state index >= 15 is 0 Å². The van der Waals surface area contributed by atoms with Gasteiger partial charge >= 0.3 is 5.97 Å². The number of carboxylic acids is 1. The molecule has 102 valence electrons. The van der Waals surface area contributed by atoms with Crippen LogP contribution < -0.4 is 5.73 Å². The Balaban J connectivity index is 5.16. The number of carboxylic acid groups (broad SMARTS) is 1. The van der Waals surface area contributed by atoms with Crippen LogP contribution in [-0.2, 0) is 23.7 Å². The topological polar surface area (TPSA) is 100 Å². The molecule has 0 unspecified atom stereocenters. The van der Waals surface area contributed by atoms with Crippen molar-refractivity contribution in [3.63, 3.8) is 0 Å². The summed E-state index contributed by atoms with van der Waals surface area (Å²) in [6.07, 6.45) is -3.31. The molecule has 0 aliphatic rings. The molecule has 0 amide bonds. The number of ether oxygens (including phenoxy) is 4. The van der Waals surface area contributed by atoms with Crippen molar-refractivity contribution in [2.75, 3.05) is 35.0 Å². The monoisotopic (exact) mass is 255 g/mol. The van der Waals surface area contributed by atoms with E-state index in [1.807, 2.05) is 0 Å². The summed E-state index contributed by atoms with van der Waals surface area (Å²) in [5.74, 6) is -1.36. The molecule has 0 fully saturated rings. The molecule has 0 heterocycles. The van der Waals surface area contributed by atoms with Crippen molar-refractivity contribution < 1.29 is 34.3 Å². The molecule has 0 saturated heterocycles. The van der Waals surface area contributed by atoms with Crippen LogP contribution in [0.5, 0.6) is 0 Å². The highest BCUT2D eigenvalue weighted by molar-refractivity contribution is 5.74. The molecule has 0 spiro atoms. The first kappa shape index (κ1) is 10.2. The smallest absolute Gasteiger partial charge is 0.323 e. The molecule has 0 aliphatic carbocycles. The molecule has 17 heavy (non-hydrogen) atoms. The fourth-order valence-corrected chi connectivity index (χ4v) is 1.31. The molecule has 0 aliphatic heterocycles. The van der Waals surface area contributed by atoms with E-state index in [4.69, 9.17) is 35.3 Å². The maximum Gasteiger partial charge on any atom is 0.323 e. The normalized spacial score (nSPS) is 21.5. The van der Waals surface area contributed by atoms with Gasteiger partial charge in [0.05, 0.1) is 12.1 Å². The highest BCUT2D eigenvalue weighted by Crippen LogP contribution is 2.14. The Morgan fingerprint density at radius 3 is 2.41 bits per heavy atom. The van der Waals surface area contributed by atoms with Crippen molar-refractivity contribution >= 4 is 5.97 Å². The fraction of sp³-hybridized carbons (Fsp3) is 0.900. The standard InChI is InChI=1S/C10H21NO6/c1-14-5-6(15-2)8(16-3)9(17-4)7(11)10(12)13/h6-9H,5,11H2,1-4H3,(H,12,13)/t6-,7-,8-,9-/m1/s1/i1D,2D,3D,4D. The lowest BCUT2D eigenvalue weighted by Crippen LogP contribution is -2.54. The van der Waals surface area contributed by atoms with E-state index < -0.39 is 51.6 Å². The van der Waals surface area contributed by atoms with E-state index in [-0.39, 0.29) is 13.7 Å². The second-order valence-electron chi connectivity index (χ2n) is 3.20. The summed E-state index contributed by atoms with van der Waals surface area (Å²) in [7, 11) is -1.90. The summed E-state index contributed by atoms with van der Waals surface area (Å²) in [5, 5.41) is 8.98. The summed E-state index contributed by atoms with van der Waals surface area (Å²) in [4.78, 5) is 11.0. The van der Waals surface area contributed by atoms with E-state index in [0.717, 1.165) is 0 Å². The molecular formula is C10H21NO6. The zero-order chi connectivity index (χ0) is 16.3. The van der Waals surface area contributed by atoms with E-state index in [0.29, 0.717) is 0 Å². The molecule has 0 bridgehead atoms. The van der Waals surface area contributed by atoms with Gasteiger partial charge in [0.25, 0.3) is 0 Å². The summed E-state index contributed by atoms with van der Waals surface area (Å²) >= 11 is 0. The molecule has 0 saturated carbocycles. The molecule has 0 rings (SSSR count). The number of hydrogen-bond acceptors (Lipinski definition) is 6.